The van der Waals surface area contributed by atoms with Gasteiger partial charge in [0.25, 0.3) is 21.6 Å². The second-order valence-electron chi connectivity index (χ2n) is 18.6. The molecular formula is C49H55F3N8O9S. The van der Waals surface area contributed by atoms with E-state index in [1.54, 1.807) is 48.4 Å². The van der Waals surface area contributed by atoms with Gasteiger partial charge in [0, 0.05) is 88.9 Å². The normalized spacial score (nSPS) is 18.0. The van der Waals surface area contributed by atoms with Crippen molar-refractivity contribution in [2.24, 2.45) is 5.41 Å². The number of alkyl halides is 3. The number of rotatable bonds is 15. The minimum Gasteiger partial charge on any atom is -0.455 e. The van der Waals surface area contributed by atoms with Gasteiger partial charge in [-0.3, -0.25) is 24.6 Å². The van der Waals surface area contributed by atoms with E-state index in [2.05, 4.69) is 43.7 Å². The zero-order chi connectivity index (χ0) is 50.0. The fourth-order valence-electron chi connectivity index (χ4n) is 9.21. The Morgan fingerprint density at radius 1 is 1.03 bits per heavy atom. The lowest BCUT2D eigenvalue weighted by Crippen LogP contribution is -2.48. The third-order valence-electron chi connectivity index (χ3n) is 13.0. The van der Waals surface area contributed by atoms with E-state index in [-0.39, 0.29) is 60.4 Å². The molecule has 2 fully saturated rings. The lowest BCUT2D eigenvalue weighted by atomic mass is 9.72. The Morgan fingerprint density at radius 2 is 1.81 bits per heavy atom. The molecule has 4 heterocycles. The summed E-state index contributed by atoms with van der Waals surface area (Å²) in [5.41, 5.74) is 3.75. The maximum Gasteiger partial charge on any atom is 0.416 e. The summed E-state index contributed by atoms with van der Waals surface area (Å²) in [4.78, 5) is 50.7. The Bertz CT molecular complexity index is 2930. The Labute approximate surface area is 403 Å². The van der Waals surface area contributed by atoms with Gasteiger partial charge in [-0.15, -0.1) is 0 Å². The van der Waals surface area contributed by atoms with Crippen molar-refractivity contribution < 1.29 is 50.3 Å². The number of hydrogen-bond donors (Lipinski definition) is 3. The van der Waals surface area contributed by atoms with E-state index in [1.165, 1.54) is 43.1 Å². The highest BCUT2D eigenvalue weighted by Crippen LogP contribution is 2.45. The number of morpholine rings is 1. The molecule has 0 spiro atoms. The number of nitro benzene ring substituents is 1. The molecule has 3 N–H and O–H groups in total. The van der Waals surface area contributed by atoms with Crippen molar-refractivity contribution in [1.29, 1.82) is 0 Å². The van der Waals surface area contributed by atoms with Crippen molar-refractivity contribution in [1.82, 2.24) is 24.5 Å². The molecule has 1 unspecified atom stereocenters. The monoisotopic (exact) mass is 988 g/mol. The standard InChI is InChI=1S/C49H55F3N8O9S/c1-31-21-34(49(50,51)52)5-8-39(31)41-25-48(2,3)13-11-33(41)28-57-15-17-58(18-16-57)35-6-9-40(44(23-35)69-36-22-32-12-14-53-46(32)55-26-36)47(62)56-70(65,66)38-7-10-42(43(24-38)60(63)64)54-27-37-29-59(19-20-68-37)45(61)30-67-4/h5-10,12,14,21-24,26,37,54H,11,13,15-20,25,27-30H2,1-4H3,(H,53,55)(H,56,62). The number of aromatic amines is 1. The van der Waals surface area contributed by atoms with E-state index in [1.807, 2.05) is 0 Å². The van der Waals surface area contributed by atoms with E-state index in [0.29, 0.717) is 56.2 Å². The number of hydrogen-bond acceptors (Lipinski definition) is 13. The number of carbonyl (C=O) groups is 2. The smallest absolute Gasteiger partial charge is 0.416 e. The highest BCUT2D eigenvalue weighted by Gasteiger charge is 2.34. The predicted octanol–water partition coefficient (Wildman–Crippen LogP) is 7.78. The average molecular weight is 989 g/mol. The van der Waals surface area contributed by atoms with Crippen LogP contribution in [0.5, 0.6) is 11.5 Å². The first-order valence-electron chi connectivity index (χ1n) is 22.9. The van der Waals surface area contributed by atoms with E-state index in [9.17, 15) is 41.3 Å². The molecule has 2 amide bonds. The SMILES string of the molecule is COCC(=O)N1CCOC(CNc2ccc(S(=O)(=O)NC(=O)c3ccc(N4CCN(CC5=C(c6ccc(C(F)(F)F)cc6C)CC(C)(C)CC5)CC4)cc3Oc3cnc4[nH]ccc4c3)cc2[N+](=O)[O-])C1. The molecule has 3 aliphatic rings. The predicted molar refractivity (Wildman–Crippen MR) is 256 cm³/mol. The lowest BCUT2D eigenvalue weighted by molar-refractivity contribution is -0.384. The molecule has 0 radical (unpaired) electrons. The van der Waals surface area contributed by atoms with Crippen molar-refractivity contribution in [2.75, 3.05) is 82.9 Å². The van der Waals surface area contributed by atoms with Crippen LogP contribution in [-0.2, 0) is 30.5 Å². The number of methoxy groups -OCH3 is 1. The molecule has 8 rings (SSSR count). The first-order valence-corrected chi connectivity index (χ1v) is 24.3. The number of anilines is 2. The summed E-state index contributed by atoms with van der Waals surface area (Å²) in [6.45, 7) is 10.1. The Morgan fingerprint density at radius 3 is 2.54 bits per heavy atom. The van der Waals surface area contributed by atoms with Crippen LogP contribution in [0.1, 0.15) is 60.2 Å². The van der Waals surface area contributed by atoms with Gasteiger partial charge >= 0.3 is 6.18 Å². The van der Waals surface area contributed by atoms with Gasteiger partial charge in [0.1, 0.15) is 29.4 Å². The van der Waals surface area contributed by atoms with Gasteiger partial charge in [0.2, 0.25) is 5.91 Å². The number of halogens is 3. The minimum absolute atomic E-state index is 0.00230. The number of carbonyl (C=O) groups excluding carboxylic acids is 2. The summed E-state index contributed by atoms with van der Waals surface area (Å²) in [5, 5.41) is 15.9. The molecule has 1 atom stereocenters. The van der Waals surface area contributed by atoms with Crippen LogP contribution in [0, 0.1) is 22.5 Å². The van der Waals surface area contributed by atoms with E-state index in [4.69, 9.17) is 14.2 Å². The van der Waals surface area contributed by atoms with Gasteiger partial charge in [-0.25, -0.2) is 18.1 Å². The van der Waals surface area contributed by atoms with Gasteiger partial charge in [-0.05, 0) is 96.8 Å². The average Bonchev–Trinajstić information content (AvgIpc) is 3.79. The van der Waals surface area contributed by atoms with Crippen LogP contribution in [0.3, 0.4) is 0 Å². The summed E-state index contributed by atoms with van der Waals surface area (Å²) in [7, 11) is -3.27. The summed E-state index contributed by atoms with van der Waals surface area (Å²) >= 11 is 0. The van der Waals surface area contributed by atoms with E-state index < -0.39 is 49.3 Å². The molecular weight excluding hydrogens is 934 g/mol. The Balaban J connectivity index is 0.988. The molecule has 3 aromatic carbocycles. The number of nitrogens with zero attached hydrogens (tertiary/aromatic N) is 5. The molecule has 372 valence electrons. The number of nitrogens with one attached hydrogen (secondary N) is 3. The van der Waals surface area contributed by atoms with Crippen molar-refractivity contribution >= 4 is 55.5 Å². The first kappa shape index (κ1) is 49.9. The minimum atomic E-state index is -4.69. The van der Waals surface area contributed by atoms with Crippen LogP contribution in [-0.4, -0.2) is 124 Å². The Hall–Kier alpha value is -6.55. The number of fused-ring (bicyclic) bond motifs is 1. The number of ether oxygens (including phenoxy) is 3. The summed E-state index contributed by atoms with van der Waals surface area (Å²) in [6.07, 6.45) is 0.805. The summed E-state index contributed by atoms with van der Waals surface area (Å²) in [5.74, 6) is -0.952. The van der Waals surface area contributed by atoms with Crippen molar-refractivity contribution in [2.45, 2.75) is 57.2 Å². The number of pyridine rings is 1. The maximum atomic E-state index is 14.0. The fraction of sp³-hybridized carbons (Fsp3) is 0.408. The molecule has 1 aliphatic carbocycles. The quantitative estimate of drug-likeness (QED) is 0.0679. The first-order chi connectivity index (χ1) is 33.3. The van der Waals surface area contributed by atoms with Crippen LogP contribution in [0.4, 0.5) is 30.2 Å². The number of sulfonamides is 1. The molecule has 2 saturated heterocycles. The fourth-order valence-corrected chi connectivity index (χ4v) is 10.2. The van der Waals surface area contributed by atoms with Gasteiger partial charge in [-0.2, -0.15) is 13.2 Å². The summed E-state index contributed by atoms with van der Waals surface area (Å²) < 4.78 is 87.3. The van der Waals surface area contributed by atoms with Crippen LogP contribution in [0.2, 0.25) is 0 Å². The third kappa shape index (κ3) is 11.5. The number of piperazine rings is 1. The number of aryl methyl sites for hydroxylation is 1. The molecule has 70 heavy (non-hydrogen) atoms. The Kier molecular flexibility index (Phi) is 14.5. The largest absolute Gasteiger partial charge is 0.455 e. The van der Waals surface area contributed by atoms with Crippen molar-refractivity contribution in [3.05, 3.63) is 117 Å². The van der Waals surface area contributed by atoms with E-state index >= 15 is 0 Å². The van der Waals surface area contributed by atoms with Crippen LogP contribution in [0.25, 0.3) is 16.6 Å². The van der Waals surface area contributed by atoms with Gasteiger partial charge in [-0.1, -0.05) is 25.5 Å². The highest BCUT2D eigenvalue weighted by molar-refractivity contribution is 7.90. The molecule has 17 nitrogen and oxygen atoms in total. The number of benzene rings is 3. The molecule has 0 bridgehead atoms. The third-order valence-corrected chi connectivity index (χ3v) is 14.3. The number of allylic oxidation sites excluding steroid dienone is 1. The molecule has 2 aliphatic heterocycles. The van der Waals surface area contributed by atoms with Gasteiger partial charge in [0.05, 0.1) is 39.9 Å². The molecule has 5 aromatic rings. The molecule has 21 heteroatoms. The molecule has 0 saturated carbocycles. The van der Waals surface area contributed by atoms with E-state index in [0.717, 1.165) is 47.9 Å². The van der Waals surface area contributed by atoms with Crippen LogP contribution < -0.4 is 19.7 Å². The highest BCUT2D eigenvalue weighted by atomic mass is 32.2. The zero-order valence-electron chi connectivity index (χ0n) is 39.2. The second-order valence-corrected chi connectivity index (χ2v) is 20.3. The van der Waals surface area contributed by atoms with Crippen molar-refractivity contribution in [3.8, 4) is 11.5 Å². The zero-order valence-corrected chi connectivity index (χ0v) is 40.0. The molecule has 2 aromatic heterocycles. The number of aromatic nitrogens is 2. The second kappa shape index (κ2) is 20.4. The maximum absolute atomic E-state index is 14.0. The number of H-pyrrole nitrogens is 1. The topological polar surface area (TPSA) is 202 Å². The lowest BCUT2D eigenvalue weighted by Gasteiger charge is -2.39. The number of nitro groups is 1. The van der Waals surface area contributed by atoms with Crippen molar-refractivity contribution in [3.63, 3.8) is 0 Å². The number of amides is 2. The van der Waals surface area contributed by atoms with Crippen LogP contribution in [0.15, 0.2) is 89.6 Å². The van der Waals surface area contributed by atoms with Gasteiger partial charge in [0.15, 0.2) is 0 Å². The van der Waals surface area contributed by atoms with Crippen LogP contribution >= 0.6 is 0 Å². The van der Waals surface area contributed by atoms with Gasteiger partial charge < -0.3 is 34.3 Å². The summed E-state index contributed by atoms with van der Waals surface area (Å²) in [6, 6.07) is 15.6.